The van der Waals surface area contributed by atoms with Crippen LogP contribution in [0.4, 0.5) is 0 Å². The van der Waals surface area contributed by atoms with Crippen LogP contribution in [-0.4, -0.2) is 25.4 Å². The molecule has 0 saturated heterocycles. The molecule has 0 bridgehead atoms. The van der Waals surface area contributed by atoms with Crippen molar-refractivity contribution in [1.82, 2.24) is 0 Å². The lowest BCUT2D eigenvalue weighted by atomic mass is 10.0. The number of halogens is 1. The van der Waals surface area contributed by atoms with Crippen molar-refractivity contribution in [3.05, 3.63) is 83.1 Å². The number of esters is 1. The highest BCUT2D eigenvalue weighted by Gasteiger charge is 2.16. The van der Waals surface area contributed by atoms with E-state index in [1.54, 1.807) is 11.8 Å². The van der Waals surface area contributed by atoms with Crippen molar-refractivity contribution >= 4 is 40.3 Å². The third-order valence-corrected chi connectivity index (χ3v) is 7.35. The van der Waals surface area contributed by atoms with Crippen LogP contribution in [0.3, 0.4) is 0 Å². The van der Waals surface area contributed by atoms with Gasteiger partial charge < -0.3 is 13.9 Å². The fourth-order valence-corrected chi connectivity index (χ4v) is 5.24. The zero-order valence-corrected chi connectivity index (χ0v) is 21.6. The zero-order chi connectivity index (χ0) is 24.6. The van der Waals surface area contributed by atoms with Crippen LogP contribution in [0.5, 0.6) is 5.75 Å². The maximum absolute atomic E-state index is 11.5. The van der Waals surface area contributed by atoms with E-state index in [1.807, 2.05) is 42.7 Å². The van der Waals surface area contributed by atoms with E-state index < -0.39 is 0 Å². The van der Waals surface area contributed by atoms with E-state index >= 15 is 0 Å². The number of carbonyl (C=O) groups is 1. The Balaban J connectivity index is 1.37. The van der Waals surface area contributed by atoms with Gasteiger partial charge in [-0.25, -0.2) is 0 Å². The van der Waals surface area contributed by atoms with Gasteiger partial charge in [0.2, 0.25) is 0 Å². The number of aryl methyl sites for hydroxylation is 1. The van der Waals surface area contributed by atoms with E-state index in [0.717, 1.165) is 68.9 Å². The lowest BCUT2D eigenvalue weighted by molar-refractivity contribution is -0.139. The van der Waals surface area contributed by atoms with Gasteiger partial charge in [-0.3, -0.25) is 4.79 Å². The molecule has 4 aromatic rings. The summed E-state index contributed by atoms with van der Waals surface area (Å²) in [7, 11) is 1.39. The maximum atomic E-state index is 11.5. The van der Waals surface area contributed by atoms with Gasteiger partial charge in [0.25, 0.3) is 0 Å². The summed E-state index contributed by atoms with van der Waals surface area (Å²) in [5.74, 6) is 1.49. The lowest BCUT2D eigenvalue weighted by Gasteiger charge is -2.12. The Morgan fingerprint density at radius 2 is 1.91 bits per heavy atom. The van der Waals surface area contributed by atoms with Crippen molar-refractivity contribution in [2.45, 2.75) is 37.5 Å². The Morgan fingerprint density at radius 1 is 1.09 bits per heavy atom. The summed E-state index contributed by atoms with van der Waals surface area (Å²) in [5.41, 5.74) is 5.15. The van der Waals surface area contributed by atoms with Gasteiger partial charge >= 0.3 is 5.97 Å². The molecule has 1 heterocycles. The standard InChI is InChI=1S/C29H29ClO4S/c1-3-8-23-26(13-12-22-24(19-34-29(22)23)21-9-5-4-6-10-21)33-15-7-16-35-27-14-11-20(17-25(27)30)18-28(31)32-2/h4-6,9-14,17,19H,3,7-8,15-16,18H2,1-2H3. The van der Waals surface area contributed by atoms with Gasteiger partial charge in [0.1, 0.15) is 11.3 Å². The third-order valence-electron chi connectivity index (χ3n) is 5.76. The predicted molar refractivity (Wildman–Crippen MR) is 144 cm³/mol. The summed E-state index contributed by atoms with van der Waals surface area (Å²) in [6.45, 7) is 2.78. The molecule has 0 N–H and O–H groups in total. The summed E-state index contributed by atoms with van der Waals surface area (Å²) in [5, 5.41) is 1.77. The second kappa shape index (κ2) is 12.2. The molecular formula is C29H29ClO4S. The van der Waals surface area contributed by atoms with Crippen LogP contribution in [0.15, 0.2) is 76.2 Å². The molecule has 1 aromatic heterocycles. The molecule has 0 amide bonds. The summed E-state index contributed by atoms with van der Waals surface area (Å²) in [6, 6.07) is 20.2. The van der Waals surface area contributed by atoms with E-state index in [1.165, 1.54) is 7.11 Å². The molecule has 0 aliphatic rings. The molecule has 6 heteroatoms. The first kappa shape index (κ1) is 25.2. The highest BCUT2D eigenvalue weighted by molar-refractivity contribution is 7.99. The minimum Gasteiger partial charge on any atom is -0.493 e. The molecule has 182 valence electrons. The number of methoxy groups -OCH3 is 1. The van der Waals surface area contributed by atoms with Crippen molar-refractivity contribution in [2.75, 3.05) is 19.5 Å². The molecule has 0 radical (unpaired) electrons. The largest absolute Gasteiger partial charge is 0.493 e. The van der Waals surface area contributed by atoms with E-state index in [-0.39, 0.29) is 12.4 Å². The van der Waals surface area contributed by atoms with Crippen molar-refractivity contribution < 1.29 is 18.7 Å². The van der Waals surface area contributed by atoms with E-state index in [4.69, 9.17) is 25.5 Å². The van der Waals surface area contributed by atoms with Crippen LogP contribution in [-0.2, 0) is 22.4 Å². The first-order chi connectivity index (χ1) is 17.1. The van der Waals surface area contributed by atoms with Gasteiger partial charge in [0.05, 0.1) is 31.4 Å². The SMILES string of the molecule is CCCc1c(OCCCSc2ccc(CC(=O)OC)cc2Cl)ccc2c(-c3ccccc3)coc12. The third kappa shape index (κ3) is 6.22. The summed E-state index contributed by atoms with van der Waals surface area (Å²) >= 11 is 8.09. The highest BCUT2D eigenvalue weighted by atomic mass is 35.5. The average molecular weight is 509 g/mol. The molecule has 3 aromatic carbocycles. The molecule has 4 nitrogen and oxygen atoms in total. The number of benzene rings is 3. The van der Waals surface area contributed by atoms with Crippen LogP contribution in [0.25, 0.3) is 22.1 Å². The summed E-state index contributed by atoms with van der Waals surface area (Å²) in [4.78, 5) is 12.4. The lowest BCUT2D eigenvalue weighted by Crippen LogP contribution is -2.04. The number of hydrogen-bond donors (Lipinski definition) is 0. The minimum absolute atomic E-state index is 0.224. The molecule has 0 fully saturated rings. The fourth-order valence-electron chi connectivity index (χ4n) is 4.03. The summed E-state index contributed by atoms with van der Waals surface area (Å²) in [6.07, 6.45) is 4.86. The average Bonchev–Trinajstić information content (AvgIpc) is 3.31. The van der Waals surface area contributed by atoms with Crippen LogP contribution >= 0.6 is 23.4 Å². The minimum atomic E-state index is -0.273. The summed E-state index contributed by atoms with van der Waals surface area (Å²) < 4.78 is 17.0. The first-order valence-corrected chi connectivity index (χ1v) is 13.2. The fraction of sp³-hybridized carbons (Fsp3) is 0.276. The van der Waals surface area contributed by atoms with Gasteiger partial charge in [-0.1, -0.05) is 61.3 Å². The van der Waals surface area contributed by atoms with Gasteiger partial charge in [0, 0.05) is 27.2 Å². The van der Waals surface area contributed by atoms with Crippen LogP contribution in [0, 0.1) is 0 Å². The molecule has 4 rings (SSSR count). The number of furan rings is 1. The van der Waals surface area contributed by atoms with E-state index in [2.05, 4.69) is 31.2 Å². The normalized spacial score (nSPS) is 11.1. The van der Waals surface area contributed by atoms with E-state index in [0.29, 0.717) is 11.6 Å². The van der Waals surface area contributed by atoms with Crippen molar-refractivity contribution in [1.29, 1.82) is 0 Å². The quantitative estimate of drug-likeness (QED) is 0.117. The van der Waals surface area contributed by atoms with E-state index in [9.17, 15) is 4.79 Å². The molecule has 0 aliphatic heterocycles. The number of thioether (sulfide) groups is 1. The van der Waals surface area contributed by atoms with Gasteiger partial charge in [-0.2, -0.15) is 0 Å². The maximum Gasteiger partial charge on any atom is 0.309 e. The topological polar surface area (TPSA) is 48.7 Å². The Hall–Kier alpha value is -2.89. The molecule has 35 heavy (non-hydrogen) atoms. The monoisotopic (exact) mass is 508 g/mol. The zero-order valence-electron chi connectivity index (χ0n) is 20.0. The van der Waals surface area contributed by atoms with Gasteiger partial charge in [-0.05, 0) is 48.2 Å². The number of fused-ring (bicyclic) bond motifs is 1. The van der Waals surface area contributed by atoms with Crippen molar-refractivity contribution in [2.24, 2.45) is 0 Å². The molecule has 0 saturated carbocycles. The number of carbonyl (C=O) groups excluding carboxylic acids is 1. The van der Waals surface area contributed by atoms with Gasteiger partial charge in [0.15, 0.2) is 0 Å². The molecular weight excluding hydrogens is 480 g/mol. The van der Waals surface area contributed by atoms with Crippen molar-refractivity contribution in [3.63, 3.8) is 0 Å². The smallest absolute Gasteiger partial charge is 0.309 e. The number of rotatable bonds is 11. The highest BCUT2D eigenvalue weighted by Crippen LogP contribution is 2.37. The number of hydrogen-bond acceptors (Lipinski definition) is 5. The Morgan fingerprint density at radius 3 is 2.66 bits per heavy atom. The second-order valence-corrected chi connectivity index (χ2v) is 9.80. The Labute approximate surface area is 215 Å². The number of ether oxygens (including phenoxy) is 2. The molecule has 0 atom stereocenters. The van der Waals surface area contributed by atoms with Crippen LogP contribution in [0.1, 0.15) is 30.9 Å². The molecule has 0 spiro atoms. The van der Waals surface area contributed by atoms with Crippen molar-refractivity contribution in [3.8, 4) is 16.9 Å². The second-order valence-electron chi connectivity index (χ2n) is 8.25. The molecule has 0 aliphatic carbocycles. The van der Waals surface area contributed by atoms with Crippen LogP contribution in [0.2, 0.25) is 5.02 Å². The Kier molecular flexibility index (Phi) is 8.78. The van der Waals surface area contributed by atoms with Crippen LogP contribution < -0.4 is 4.74 Å². The molecule has 0 unspecified atom stereocenters. The Bertz CT molecular complexity index is 1280. The first-order valence-electron chi connectivity index (χ1n) is 11.8. The predicted octanol–water partition coefficient (Wildman–Crippen LogP) is 7.98. The van der Waals surface area contributed by atoms with Gasteiger partial charge in [-0.15, -0.1) is 11.8 Å².